The zero-order chi connectivity index (χ0) is 25.6. The molecule has 3 heterocycles. The molecule has 2 aliphatic heterocycles. The largest absolute Gasteiger partial charge is 0.416 e. The number of halogens is 4. The lowest BCUT2D eigenvalue weighted by Gasteiger charge is -2.33. The molecule has 0 aliphatic carbocycles. The Bertz CT molecular complexity index is 1390. The van der Waals surface area contributed by atoms with Crippen molar-refractivity contribution in [2.24, 2.45) is 0 Å². The van der Waals surface area contributed by atoms with Crippen LogP contribution in [0.5, 0.6) is 0 Å². The van der Waals surface area contributed by atoms with E-state index in [2.05, 4.69) is 15.5 Å². The maximum absolute atomic E-state index is 13.9. The minimum Gasteiger partial charge on any atom is -0.391 e. The molecule has 2 atom stereocenters. The second-order valence-electron chi connectivity index (χ2n) is 8.63. The Morgan fingerprint density at radius 1 is 1.22 bits per heavy atom. The van der Waals surface area contributed by atoms with Gasteiger partial charge in [0.15, 0.2) is 0 Å². The molecule has 12 heteroatoms. The summed E-state index contributed by atoms with van der Waals surface area (Å²) in [4.78, 5) is 27.5. The number of benzene rings is 2. The molecule has 2 amide bonds. The van der Waals surface area contributed by atoms with E-state index >= 15 is 0 Å². The van der Waals surface area contributed by atoms with Gasteiger partial charge in [-0.15, -0.1) is 0 Å². The number of allylic oxidation sites excluding steroid dienone is 1. The number of carbonyl (C=O) groups is 2. The summed E-state index contributed by atoms with van der Waals surface area (Å²) < 4.78 is 41.6. The van der Waals surface area contributed by atoms with Crippen LogP contribution in [0.4, 0.5) is 18.0 Å². The fourth-order valence-corrected chi connectivity index (χ4v) is 5.70. The molecule has 1 aromatic heterocycles. The summed E-state index contributed by atoms with van der Waals surface area (Å²) >= 11 is 6.53. The van der Waals surface area contributed by atoms with Gasteiger partial charge in [-0.3, -0.25) is 19.6 Å². The molecule has 2 fully saturated rings. The van der Waals surface area contributed by atoms with Crippen LogP contribution in [0.3, 0.4) is 0 Å². The Morgan fingerprint density at radius 2 is 2.03 bits per heavy atom. The van der Waals surface area contributed by atoms with Crippen LogP contribution in [0.1, 0.15) is 23.1 Å². The van der Waals surface area contributed by atoms with E-state index in [1.165, 1.54) is 12.1 Å². The summed E-state index contributed by atoms with van der Waals surface area (Å²) in [6.45, 7) is 0.786. The van der Waals surface area contributed by atoms with Crippen LogP contribution in [-0.2, 0) is 17.4 Å². The minimum absolute atomic E-state index is 0.0312. The zero-order valence-electron chi connectivity index (χ0n) is 18.6. The minimum atomic E-state index is -4.67. The molecule has 0 spiro atoms. The molecule has 7 nitrogen and oxygen atoms in total. The Labute approximate surface area is 212 Å². The van der Waals surface area contributed by atoms with Crippen molar-refractivity contribution in [2.75, 3.05) is 13.1 Å². The highest BCUT2D eigenvalue weighted by Crippen LogP contribution is 2.42. The molecule has 2 aromatic carbocycles. The molecular formula is C24H20ClF3N4O3S. The van der Waals surface area contributed by atoms with E-state index in [9.17, 15) is 27.9 Å². The van der Waals surface area contributed by atoms with Crippen molar-refractivity contribution >= 4 is 51.0 Å². The number of fused-ring (bicyclic) bond motifs is 1. The molecule has 2 aliphatic rings. The average molecular weight is 537 g/mol. The first kappa shape index (κ1) is 24.8. The van der Waals surface area contributed by atoms with Crippen LogP contribution >= 0.6 is 23.4 Å². The van der Waals surface area contributed by atoms with Crippen molar-refractivity contribution in [1.29, 1.82) is 0 Å². The first-order chi connectivity index (χ1) is 17.1. The number of nitrogens with zero attached hydrogens (tertiary/aromatic N) is 2. The van der Waals surface area contributed by atoms with Crippen LogP contribution < -0.4 is 5.32 Å². The number of H-pyrrole nitrogens is 1. The van der Waals surface area contributed by atoms with Gasteiger partial charge in [0.2, 0.25) is 0 Å². The lowest BCUT2D eigenvalue weighted by atomic mass is 9.93. The number of piperidine rings is 1. The maximum Gasteiger partial charge on any atom is 0.416 e. The Kier molecular flexibility index (Phi) is 6.58. The second-order valence-corrected chi connectivity index (χ2v) is 10.0. The molecule has 0 bridgehead atoms. The van der Waals surface area contributed by atoms with E-state index in [4.69, 9.17) is 11.6 Å². The molecular weight excluding hydrogens is 517 g/mol. The van der Waals surface area contributed by atoms with E-state index in [0.29, 0.717) is 41.2 Å². The Morgan fingerprint density at radius 3 is 2.78 bits per heavy atom. The quantitative estimate of drug-likeness (QED) is 0.421. The van der Waals surface area contributed by atoms with E-state index in [-0.39, 0.29) is 34.0 Å². The number of alkyl halides is 3. The van der Waals surface area contributed by atoms with E-state index in [1.54, 1.807) is 24.4 Å². The lowest BCUT2D eigenvalue weighted by Crippen LogP contribution is -2.55. The number of hydrogen-bond acceptors (Lipinski definition) is 6. The number of carbonyl (C=O) groups excluding carboxylic acids is 2. The number of thioether (sulfide) groups is 1. The molecule has 0 saturated carbocycles. The van der Waals surface area contributed by atoms with Crippen LogP contribution in [-0.4, -0.2) is 56.6 Å². The third-order valence-electron chi connectivity index (χ3n) is 6.35. The number of rotatable bonds is 4. The third-order valence-corrected chi connectivity index (χ3v) is 7.58. The number of aliphatic hydroxyl groups excluding tert-OH is 1. The number of amides is 2. The van der Waals surface area contributed by atoms with Gasteiger partial charge < -0.3 is 10.4 Å². The monoisotopic (exact) mass is 536 g/mol. The Hall–Kier alpha value is -2.86. The molecule has 3 N–H and O–H groups in total. The van der Waals surface area contributed by atoms with Crippen LogP contribution in [0.15, 0.2) is 47.5 Å². The molecule has 188 valence electrons. The summed E-state index contributed by atoms with van der Waals surface area (Å²) in [5, 5.41) is 20.3. The van der Waals surface area contributed by atoms with Crippen molar-refractivity contribution in [2.45, 2.75) is 31.2 Å². The molecule has 36 heavy (non-hydrogen) atoms. The number of imide groups is 1. The lowest BCUT2D eigenvalue weighted by molar-refractivity contribution is -0.138. The molecule has 5 rings (SSSR count). The van der Waals surface area contributed by atoms with Gasteiger partial charge in [0.1, 0.15) is 0 Å². The highest BCUT2D eigenvalue weighted by Gasteiger charge is 2.45. The first-order valence-corrected chi connectivity index (χ1v) is 12.3. The van der Waals surface area contributed by atoms with Crippen molar-refractivity contribution in [3.05, 3.63) is 69.2 Å². The number of aromatic amines is 1. The van der Waals surface area contributed by atoms with Crippen LogP contribution in [0.25, 0.3) is 16.5 Å². The summed E-state index contributed by atoms with van der Waals surface area (Å²) in [5.74, 6) is -0.637. The predicted molar refractivity (Wildman–Crippen MR) is 130 cm³/mol. The van der Waals surface area contributed by atoms with Crippen molar-refractivity contribution in [3.8, 4) is 0 Å². The first-order valence-electron chi connectivity index (χ1n) is 11.1. The number of nitrogens with one attached hydrogen (secondary N) is 2. The molecule has 0 unspecified atom stereocenters. The third kappa shape index (κ3) is 4.63. The fourth-order valence-electron chi connectivity index (χ4n) is 4.54. The SMILES string of the molecule is O=C1S/C(=C(/Cc2ccc(Cl)cc2C(F)(F)F)c2ccc3[nH]ncc3c2)C(=O)N1[C@H]1CNCC[C@@H]1O. The van der Waals surface area contributed by atoms with Crippen molar-refractivity contribution < 1.29 is 27.9 Å². The van der Waals surface area contributed by atoms with Gasteiger partial charge in [-0.25, -0.2) is 0 Å². The van der Waals surface area contributed by atoms with Gasteiger partial charge in [0.05, 0.1) is 34.3 Å². The summed E-state index contributed by atoms with van der Waals surface area (Å²) in [5.41, 5.74) is 0.475. The highest BCUT2D eigenvalue weighted by molar-refractivity contribution is 8.18. The smallest absolute Gasteiger partial charge is 0.391 e. The van der Waals surface area contributed by atoms with Crippen LogP contribution in [0, 0.1) is 0 Å². The summed E-state index contributed by atoms with van der Waals surface area (Å²) in [7, 11) is 0. The van der Waals surface area contributed by atoms with Gasteiger partial charge in [-0.2, -0.15) is 18.3 Å². The number of aliphatic hydroxyl groups is 1. The van der Waals surface area contributed by atoms with Gasteiger partial charge in [-0.1, -0.05) is 23.7 Å². The van der Waals surface area contributed by atoms with E-state index in [0.717, 1.165) is 11.0 Å². The summed E-state index contributed by atoms with van der Waals surface area (Å²) in [6.07, 6.45) is -3.89. The van der Waals surface area contributed by atoms with E-state index < -0.39 is 35.0 Å². The fraction of sp³-hybridized carbons (Fsp3) is 0.292. The molecule has 0 radical (unpaired) electrons. The predicted octanol–water partition coefficient (Wildman–Crippen LogP) is 4.61. The number of aromatic nitrogens is 2. The van der Waals surface area contributed by atoms with Gasteiger partial charge >= 0.3 is 6.18 Å². The molecule has 3 aromatic rings. The topological polar surface area (TPSA) is 98.3 Å². The van der Waals surface area contributed by atoms with Gasteiger partial charge in [0, 0.05) is 17.0 Å². The van der Waals surface area contributed by atoms with Crippen molar-refractivity contribution in [1.82, 2.24) is 20.4 Å². The van der Waals surface area contributed by atoms with Gasteiger partial charge in [-0.05, 0) is 72.1 Å². The number of hydrogen-bond donors (Lipinski definition) is 3. The summed E-state index contributed by atoms with van der Waals surface area (Å²) in [6, 6.07) is 7.82. The second kappa shape index (κ2) is 9.55. The van der Waals surface area contributed by atoms with Gasteiger partial charge in [0.25, 0.3) is 11.1 Å². The van der Waals surface area contributed by atoms with Crippen LogP contribution in [0.2, 0.25) is 5.02 Å². The Balaban J connectivity index is 1.64. The zero-order valence-corrected chi connectivity index (χ0v) is 20.2. The van der Waals surface area contributed by atoms with E-state index in [1.807, 2.05) is 0 Å². The highest BCUT2D eigenvalue weighted by atomic mass is 35.5. The standard InChI is InChI=1S/C24H20ClF3N4O3S/c25-15-3-1-13(17(9-15)24(26,27)28)8-16(12-2-4-18-14(7-12)10-30-31-18)21-22(34)32(23(35)36-21)19-11-29-6-5-20(19)33/h1-4,7,9-10,19-20,29,33H,5-6,8,11H2,(H,30,31)/b21-16-/t19-,20-/m0/s1. The molecule has 2 saturated heterocycles. The maximum atomic E-state index is 13.9. The average Bonchev–Trinajstić information content (AvgIpc) is 3.41. The normalized spacial score (nSPS) is 22.5. The van der Waals surface area contributed by atoms with Crippen molar-refractivity contribution in [3.63, 3.8) is 0 Å².